The van der Waals surface area contributed by atoms with Crippen molar-refractivity contribution in [3.8, 4) is 0 Å². The maximum absolute atomic E-state index is 13.5. The lowest BCUT2D eigenvalue weighted by molar-refractivity contribution is -0.138. The number of carbonyl (C=O) groups excluding carboxylic acids is 2. The van der Waals surface area contributed by atoms with Crippen LogP contribution in [-0.2, 0) is 16.1 Å². The molecule has 2 amide bonds. The Morgan fingerprint density at radius 2 is 1.81 bits per heavy atom. The Morgan fingerprint density at radius 3 is 2.39 bits per heavy atom. The van der Waals surface area contributed by atoms with Crippen LogP contribution in [0.15, 0.2) is 42.5 Å². The average Bonchev–Trinajstić information content (AvgIpc) is 2.71. The van der Waals surface area contributed by atoms with Crippen LogP contribution in [-0.4, -0.2) is 50.6 Å². The summed E-state index contributed by atoms with van der Waals surface area (Å²) in [7, 11) is 5.36. The summed E-state index contributed by atoms with van der Waals surface area (Å²) >= 11 is 0. The van der Waals surface area contributed by atoms with Crippen LogP contribution >= 0.6 is 0 Å². The second-order valence-corrected chi connectivity index (χ2v) is 8.14. The van der Waals surface area contributed by atoms with E-state index in [-0.39, 0.29) is 30.0 Å². The number of halogens is 1. The Labute approximate surface area is 184 Å². The van der Waals surface area contributed by atoms with Crippen molar-refractivity contribution in [2.45, 2.75) is 33.4 Å². The van der Waals surface area contributed by atoms with Crippen molar-refractivity contribution in [1.82, 2.24) is 4.90 Å². The number of methoxy groups -OCH3 is 1. The number of nitrogens with zero attached hydrogens (tertiary/aromatic N) is 2. The molecule has 0 aliphatic carbocycles. The molecule has 31 heavy (non-hydrogen) atoms. The highest BCUT2D eigenvalue weighted by atomic mass is 19.1. The minimum absolute atomic E-state index is 0.00297. The molecule has 0 spiro atoms. The highest BCUT2D eigenvalue weighted by molar-refractivity contribution is 6.04. The molecule has 0 radical (unpaired) electrons. The van der Waals surface area contributed by atoms with Crippen molar-refractivity contribution in [1.29, 1.82) is 0 Å². The molecule has 0 bridgehead atoms. The van der Waals surface area contributed by atoms with Gasteiger partial charge in [-0.1, -0.05) is 19.9 Å². The van der Waals surface area contributed by atoms with E-state index in [1.165, 1.54) is 25.3 Å². The number of carbonyl (C=O) groups is 2. The Bertz CT molecular complexity index is 915. The van der Waals surface area contributed by atoms with E-state index in [0.717, 1.165) is 11.3 Å². The van der Waals surface area contributed by atoms with E-state index in [1.54, 1.807) is 17.0 Å². The molecule has 2 aromatic rings. The zero-order valence-electron chi connectivity index (χ0n) is 19.1. The van der Waals surface area contributed by atoms with Crippen LogP contribution in [0.3, 0.4) is 0 Å². The number of rotatable bonds is 9. The minimum Gasteiger partial charge on any atom is -0.377 e. The lowest BCUT2D eigenvalue weighted by Gasteiger charge is -2.33. The van der Waals surface area contributed by atoms with Crippen molar-refractivity contribution in [3.05, 3.63) is 59.4 Å². The molecule has 0 aliphatic rings. The smallest absolute Gasteiger partial charge is 0.255 e. The number of hydrogen-bond donors (Lipinski definition) is 1. The monoisotopic (exact) mass is 429 g/mol. The summed E-state index contributed by atoms with van der Waals surface area (Å²) in [6, 6.07) is 11.1. The lowest BCUT2D eigenvalue weighted by atomic mass is 10.0. The van der Waals surface area contributed by atoms with Crippen molar-refractivity contribution >= 4 is 23.2 Å². The number of amides is 2. The Morgan fingerprint density at radius 1 is 1.10 bits per heavy atom. The van der Waals surface area contributed by atoms with Gasteiger partial charge in [-0.15, -0.1) is 0 Å². The van der Waals surface area contributed by atoms with E-state index >= 15 is 0 Å². The topological polar surface area (TPSA) is 61.9 Å². The molecule has 7 heteroatoms. The van der Waals surface area contributed by atoms with Gasteiger partial charge in [-0.3, -0.25) is 9.59 Å². The predicted molar refractivity (Wildman–Crippen MR) is 122 cm³/mol. The fourth-order valence-corrected chi connectivity index (χ4v) is 3.27. The normalized spacial score (nSPS) is 11.9. The Hall–Kier alpha value is -2.93. The summed E-state index contributed by atoms with van der Waals surface area (Å²) < 4.78 is 18.5. The molecule has 0 heterocycles. The average molecular weight is 430 g/mol. The maximum atomic E-state index is 13.5. The van der Waals surface area contributed by atoms with E-state index in [1.807, 2.05) is 38.1 Å². The second kappa shape index (κ2) is 10.9. The molecular formula is C24H32FN3O3. The van der Waals surface area contributed by atoms with Gasteiger partial charge in [0.2, 0.25) is 5.91 Å². The fraction of sp³-hybridized carbons (Fsp3) is 0.417. The van der Waals surface area contributed by atoms with Gasteiger partial charge >= 0.3 is 0 Å². The summed E-state index contributed by atoms with van der Waals surface area (Å²) in [6.45, 7) is 6.53. The van der Waals surface area contributed by atoms with E-state index in [4.69, 9.17) is 4.74 Å². The van der Waals surface area contributed by atoms with Gasteiger partial charge in [0.05, 0.1) is 0 Å². The van der Waals surface area contributed by atoms with E-state index in [0.29, 0.717) is 12.2 Å². The van der Waals surface area contributed by atoms with Crippen LogP contribution in [0.25, 0.3) is 0 Å². The molecule has 1 N–H and O–H groups in total. The van der Waals surface area contributed by atoms with Crippen molar-refractivity contribution < 1.29 is 18.7 Å². The van der Waals surface area contributed by atoms with E-state index in [9.17, 15) is 14.0 Å². The molecule has 1 atom stereocenters. The van der Waals surface area contributed by atoms with Crippen LogP contribution in [0.4, 0.5) is 15.8 Å². The first-order chi connectivity index (χ1) is 14.6. The van der Waals surface area contributed by atoms with Gasteiger partial charge in [-0.25, -0.2) is 4.39 Å². The van der Waals surface area contributed by atoms with Gasteiger partial charge < -0.3 is 19.9 Å². The van der Waals surface area contributed by atoms with Crippen molar-refractivity contribution in [3.63, 3.8) is 0 Å². The number of nitrogens with one attached hydrogen (secondary N) is 1. The third-order valence-electron chi connectivity index (χ3n) is 5.29. The second-order valence-electron chi connectivity index (χ2n) is 8.14. The minimum atomic E-state index is -0.466. The molecule has 0 aromatic heterocycles. The highest BCUT2D eigenvalue weighted by Crippen LogP contribution is 2.26. The molecular weight excluding hydrogens is 397 g/mol. The quantitative estimate of drug-likeness (QED) is 0.650. The van der Waals surface area contributed by atoms with Gasteiger partial charge in [-0.2, -0.15) is 0 Å². The number of hydrogen-bond acceptors (Lipinski definition) is 4. The maximum Gasteiger partial charge on any atom is 0.255 e. The zero-order chi connectivity index (χ0) is 23.1. The largest absolute Gasteiger partial charge is 0.377 e. The Kier molecular flexibility index (Phi) is 8.56. The SMILES string of the molecule is COCC(=O)N(Cc1cc(NC(=O)c2cccc(F)c2)ccc1N(C)C)C(C)C(C)C. The first-order valence-corrected chi connectivity index (χ1v) is 10.3. The molecule has 2 aromatic carbocycles. The number of ether oxygens (including phenoxy) is 1. The van der Waals surface area contributed by atoms with Gasteiger partial charge in [0.25, 0.3) is 5.91 Å². The molecule has 0 saturated carbocycles. The predicted octanol–water partition coefficient (Wildman–Crippen LogP) is 4.16. The zero-order valence-corrected chi connectivity index (χ0v) is 19.1. The van der Waals surface area contributed by atoms with Crippen LogP contribution in [0, 0.1) is 11.7 Å². The van der Waals surface area contributed by atoms with Crippen molar-refractivity contribution in [2.24, 2.45) is 5.92 Å². The summed E-state index contributed by atoms with van der Waals surface area (Å²) in [6.07, 6.45) is 0. The fourth-order valence-electron chi connectivity index (χ4n) is 3.27. The third-order valence-corrected chi connectivity index (χ3v) is 5.29. The number of benzene rings is 2. The molecule has 0 saturated heterocycles. The summed E-state index contributed by atoms with van der Waals surface area (Å²) in [5, 5.41) is 2.82. The van der Waals surface area contributed by atoms with Gasteiger partial charge in [0.15, 0.2) is 0 Å². The molecule has 168 valence electrons. The third kappa shape index (κ3) is 6.52. The van der Waals surface area contributed by atoms with Crippen LogP contribution in [0.1, 0.15) is 36.7 Å². The van der Waals surface area contributed by atoms with Crippen LogP contribution in [0.2, 0.25) is 0 Å². The molecule has 6 nitrogen and oxygen atoms in total. The van der Waals surface area contributed by atoms with Gasteiger partial charge in [0.1, 0.15) is 12.4 Å². The summed E-state index contributed by atoms with van der Waals surface area (Å²) in [4.78, 5) is 29.0. The molecule has 0 aliphatic heterocycles. The van der Waals surface area contributed by atoms with Gasteiger partial charge in [-0.05, 0) is 54.8 Å². The summed E-state index contributed by atoms with van der Waals surface area (Å²) in [5.41, 5.74) is 2.64. The van der Waals surface area contributed by atoms with E-state index in [2.05, 4.69) is 19.2 Å². The first-order valence-electron chi connectivity index (χ1n) is 10.3. The standard InChI is InChI=1S/C24H32FN3O3/c1-16(2)17(3)28(23(29)15-31-6)14-19-13-21(10-11-22(19)27(4)5)26-24(30)18-8-7-9-20(25)12-18/h7-13,16-17H,14-15H2,1-6H3,(H,26,30). The van der Waals surface area contributed by atoms with Gasteiger partial charge in [0, 0.05) is 50.7 Å². The van der Waals surface area contributed by atoms with E-state index < -0.39 is 11.7 Å². The molecule has 2 rings (SSSR count). The highest BCUT2D eigenvalue weighted by Gasteiger charge is 2.24. The number of anilines is 2. The molecule has 0 fully saturated rings. The van der Waals surface area contributed by atoms with Crippen molar-refractivity contribution in [2.75, 3.05) is 38.0 Å². The van der Waals surface area contributed by atoms with Crippen LogP contribution < -0.4 is 10.2 Å². The first kappa shape index (κ1) is 24.3. The molecule has 1 unspecified atom stereocenters. The Balaban J connectivity index is 2.35. The summed E-state index contributed by atoms with van der Waals surface area (Å²) in [5.74, 6) is -0.695. The van der Waals surface area contributed by atoms with Crippen LogP contribution in [0.5, 0.6) is 0 Å². The lowest BCUT2D eigenvalue weighted by Crippen LogP contribution is -2.43.